The number of halogens is 2. The van der Waals surface area contributed by atoms with Crippen molar-refractivity contribution in [3.63, 3.8) is 0 Å². The lowest BCUT2D eigenvalue weighted by molar-refractivity contribution is 0.521. The van der Waals surface area contributed by atoms with Crippen LogP contribution in [-0.2, 0) is 17.1 Å². The molecule has 156 valence electrons. The van der Waals surface area contributed by atoms with E-state index in [-0.39, 0.29) is 21.9 Å². The standard InChI is InChI=1S/C20H22BrN3O2S2.BrH/c1-13-6-9-18(14(2)10-13)22-20-24(5)19(12-27-20)16-11-15(7-8-17(16)21)28(25,26)23(3)4;/h6-12H,1-5H3;1H/b22-20+;. The summed E-state index contributed by atoms with van der Waals surface area (Å²) in [6.45, 7) is 4.11. The Morgan fingerprint density at radius 1 is 1.10 bits per heavy atom. The molecular weight excluding hydrogens is 538 g/mol. The Labute approximate surface area is 194 Å². The number of aromatic nitrogens is 1. The van der Waals surface area contributed by atoms with Crippen LogP contribution in [-0.4, -0.2) is 31.4 Å². The molecule has 0 unspecified atom stereocenters. The molecule has 2 aromatic carbocycles. The van der Waals surface area contributed by atoms with Gasteiger partial charge in [-0.25, -0.2) is 17.7 Å². The van der Waals surface area contributed by atoms with Crippen molar-refractivity contribution in [1.82, 2.24) is 8.87 Å². The summed E-state index contributed by atoms with van der Waals surface area (Å²) >= 11 is 5.08. The molecule has 0 aliphatic heterocycles. The average molecular weight is 561 g/mol. The van der Waals surface area contributed by atoms with Crippen molar-refractivity contribution in [2.75, 3.05) is 14.1 Å². The van der Waals surface area contributed by atoms with Crippen LogP contribution in [0.15, 0.2) is 56.1 Å². The van der Waals surface area contributed by atoms with Gasteiger partial charge in [-0.3, -0.25) is 0 Å². The van der Waals surface area contributed by atoms with Crippen molar-refractivity contribution < 1.29 is 8.42 Å². The minimum absolute atomic E-state index is 0. The highest BCUT2D eigenvalue weighted by atomic mass is 79.9. The summed E-state index contributed by atoms with van der Waals surface area (Å²) in [4.78, 5) is 5.90. The number of nitrogens with zero attached hydrogens (tertiary/aromatic N) is 3. The first-order valence-electron chi connectivity index (χ1n) is 8.60. The predicted molar refractivity (Wildman–Crippen MR) is 129 cm³/mol. The van der Waals surface area contributed by atoms with Crippen LogP contribution in [0.5, 0.6) is 0 Å². The lowest BCUT2D eigenvalue weighted by Crippen LogP contribution is -2.22. The van der Waals surface area contributed by atoms with E-state index in [1.165, 1.54) is 35.3 Å². The molecule has 3 rings (SSSR count). The fraction of sp³-hybridized carbons (Fsp3) is 0.250. The molecule has 0 spiro atoms. The molecule has 0 saturated heterocycles. The molecule has 29 heavy (non-hydrogen) atoms. The second kappa shape index (κ2) is 9.26. The minimum atomic E-state index is -3.51. The topological polar surface area (TPSA) is 54.7 Å². The van der Waals surface area contributed by atoms with E-state index < -0.39 is 10.0 Å². The summed E-state index contributed by atoms with van der Waals surface area (Å²) in [5.74, 6) is 0. The summed E-state index contributed by atoms with van der Waals surface area (Å²) in [7, 11) is 1.49. The Bertz CT molecular complexity index is 1210. The van der Waals surface area contributed by atoms with Crippen LogP contribution in [0.25, 0.3) is 11.3 Å². The number of benzene rings is 2. The summed E-state index contributed by atoms with van der Waals surface area (Å²) in [5, 5.41) is 1.99. The number of sulfonamides is 1. The Hall–Kier alpha value is -1.26. The second-order valence-corrected chi connectivity index (χ2v) is 10.6. The van der Waals surface area contributed by atoms with Gasteiger partial charge in [0.25, 0.3) is 0 Å². The Morgan fingerprint density at radius 3 is 2.41 bits per heavy atom. The quantitative estimate of drug-likeness (QED) is 0.440. The third-order valence-corrected chi connectivity index (χ3v) is 7.90. The van der Waals surface area contributed by atoms with Gasteiger partial charge in [-0.1, -0.05) is 33.6 Å². The van der Waals surface area contributed by atoms with Gasteiger partial charge in [0.1, 0.15) is 0 Å². The van der Waals surface area contributed by atoms with Gasteiger partial charge >= 0.3 is 0 Å². The van der Waals surface area contributed by atoms with E-state index in [1.807, 2.05) is 36.1 Å². The zero-order valence-corrected chi connectivity index (χ0v) is 21.7. The Kier molecular flexibility index (Phi) is 7.67. The lowest BCUT2D eigenvalue weighted by Gasteiger charge is -2.13. The Morgan fingerprint density at radius 2 is 1.79 bits per heavy atom. The molecule has 0 N–H and O–H groups in total. The molecule has 3 aromatic rings. The fourth-order valence-corrected chi connectivity index (χ4v) is 5.11. The normalized spacial score (nSPS) is 12.3. The zero-order chi connectivity index (χ0) is 20.6. The SMILES string of the molecule is Br.Cc1ccc(/N=c2/scc(-c3cc(S(=O)(=O)N(C)C)ccc3Br)n2C)c(C)c1. The van der Waals surface area contributed by atoms with Crippen molar-refractivity contribution in [2.45, 2.75) is 18.7 Å². The van der Waals surface area contributed by atoms with E-state index in [1.54, 1.807) is 18.2 Å². The van der Waals surface area contributed by atoms with Crippen LogP contribution in [0, 0.1) is 13.8 Å². The summed E-state index contributed by atoms with van der Waals surface area (Å²) in [5.41, 5.74) is 4.96. The molecule has 0 aliphatic carbocycles. The zero-order valence-electron chi connectivity index (χ0n) is 16.8. The van der Waals surface area contributed by atoms with Crippen molar-refractivity contribution in [3.05, 3.63) is 62.2 Å². The van der Waals surface area contributed by atoms with Gasteiger partial charge in [0.15, 0.2) is 4.80 Å². The van der Waals surface area contributed by atoms with Crippen molar-refractivity contribution in [3.8, 4) is 11.3 Å². The average Bonchev–Trinajstić information content (AvgIpc) is 2.98. The van der Waals surface area contributed by atoms with Crippen molar-refractivity contribution >= 4 is 60.0 Å². The molecule has 0 bridgehead atoms. The van der Waals surface area contributed by atoms with Crippen LogP contribution < -0.4 is 4.80 Å². The molecule has 0 fully saturated rings. The lowest BCUT2D eigenvalue weighted by atomic mass is 10.1. The second-order valence-electron chi connectivity index (χ2n) is 6.79. The first-order chi connectivity index (χ1) is 13.1. The number of hydrogen-bond donors (Lipinski definition) is 0. The summed E-state index contributed by atoms with van der Waals surface area (Å²) < 4.78 is 29.1. The van der Waals surface area contributed by atoms with Crippen LogP contribution in [0.2, 0.25) is 0 Å². The smallest absolute Gasteiger partial charge is 0.242 e. The maximum Gasteiger partial charge on any atom is 0.242 e. The van der Waals surface area contributed by atoms with Crippen molar-refractivity contribution in [1.29, 1.82) is 0 Å². The third kappa shape index (κ3) is 4.91. The van der Waals surface area contributed by atoms with E-state index >= 15 is 0 Å². The molecule has 5 nitrogen and oxygen atoms in total. The molecule has 0 atom stereocenters. The molecular formula is C20H23Br2N3O2S2. The number of rotatable bonds is 4. The van der Waals surface area contributed by atoms with Gasteiger partial charge in [0.05, 0.1) is 16.3 Å². The molecule has 9 heteroatoms. The minimum Gasteiger partial charge on any atom is -0.320 e. The van der Waals surface area contributed by atoms with E-state index in [0.29, 0.717) is 0 Å². The van der Waals surface area contributed by atoms with Gasteiger partial charge in [-0.15, -0.1) is 28.3 Å². The highest BCUT2D eigenvalue weighted by Gasteiger charge is 2.20. The monoisotopic (exact) mass is 559 g/mol. The van der Waals surface area contributed by atoms with E-state index in [0.717, 1.165) is 31.8 Å². The Balaban J connectivity index is 0.00000300. The van der Waals surface area contributed by atoms with Crippen LogP contribution in [0.4, 0.5) is 5.69 Å². The van der Waals surface area contributed by atoms with E-state index in [2.05, 4.69) is 28.9 Å². The van der Waals surface area contributed by atoms with Crippen LogP contribution in [0.1, 0.15) is 11.1 Å². The fourth-order valence-electron chi connectivity index (χ4n) is 2.82. The number of thiazole rings is 1. The van der Waals surface area contributed by atoms with Gasteiger partial charge < -0.3 is 4.57 Å². The van der Waals surface area contributed by atoms with Gasteiger partial charge in [-0.05, 0) is 43.7 Å². The highest BCUT2D eigenvalue weighted by Crippen LogP contribution is 2.31. The largest absolute Gasteiger partial charge is 0.320 e. The van der Waals surface area contributed by atoms with E-state index in [9.17, 15) is 8.42 Å². The highest BCUT2D eigenvalue weighted by molar-refractivity contribution is 9.10. The van der Waals surface area contributed by atoms with Gasteiger partial charge in [0.2, 0.25) is 10.0 Å². The number of aryl methyl sites for hydroxylation is 2. The van der Waals surface area contributed by atoms with E-state index in [4.69, 9.17) is 4.99 Å². The first kappa shape index (κ1) is 24.0. The third-order valence-electron chi connectivity index (χ3n) is 4.48. The maximum atomic E-state index is 12.5. The maximum absolute atomic E-state index is 12.5. The van der Waals surface area contributed by atoms with Crippen LogP contribution >= 0.6 is 44.2 Å². The predicted octanol–water partition coefficient (Wildman–Crippen LogP) is 5.19. The molecule has 1 heterocycles. The molecule has 1 aromatic heterocycles. The van der Waals surface area contributed by atoms with Gasteiger partial charge in [-0.2, -0.15) is 0 Å². The molecule has 0 saturated carbocycles. The molecule has 0 amide bonds. The summed E-state index contributed by atoms with van der Waals surface area (Å²) in [6.07, 6.45) is 0. The summed E-state index contributed by atoms with van der Waals surface area (Å²) in [6, 6.07) is 11.2. The first-order valence-corrected chi connectivity index (χ1v) is 11.7. The van der Waals surface area contributed by atoms with Gasteiger partial charge in [0, 0.05) is 36.6 Å². The van der Waals surface area contributed by atoms with Crippen molar-refractivity contribution in [2.24, 2.45) is 12.0 Å². The molecule has 0 radical (unpaired) electrons. The van der Waals surface area contributed by atoms with Crippen LogP contribution in [0.3, 0.4) is 0 Å². The molecule has 0 aliphatic rings. The number of hydrogen-bond acceptors (Lipinski definition) is 4.